The van der Waals surface area contributed by atoms with Gasteiger partial charge in [-0.3, -0.25) is 9.89 Å². The van der Waals surface area contributed by atoms with E-state index in [0.717, 1.165) is 58.0 Å². The molecule has 45 heavy (non-hydrogen) atoms. The molecule has 1 amide bonds. The Kier molecular flexibility index (Phi) is 10.2. The molecule has 0 saturated carbocycles. The average molecular weight is 608 g/mol. The van der Waals surface area contributed by atoms with Crippen LogP contribution in [0.4, 0.5) is 5.69 Å². The topological polar surface area (TPSA) is 189 Å². The summed E-state index contributed by atoms with van der Waals surface area (Å²) in [5, 5.41) is 20.1. The Balaban J connectivity index is 0.000000156. The molecule has 0 aliphatic heterocycles. The van der Waals surface area contributed by atoms with Gasteiger partial charge in [-0.05, 0) is 81.6 Å². The number of anilines is 1. The highest BCUT2D eigenvalue weighted by Crippen LogP contribution is 2.16. The first-order valence-corrected chi connectivity index (χ1v) is 14.3. The molecule has 0 saturated heterocycles. The molecule has 5 aromatic heterocycles. The van der Waals surface area contributed by atoms with E-state index >= 15 is 0 Å². The zero-order valence-electron chi connectivity index (χ0n) is 25.1. The zero-order chi connectivity index (χ0) is 31.4. The standard InChI is InChI=1S/C18H20N4O2.C7H7N3O.C6H6N4/c1-13-5-4-6-15(11-13)24-10-3-2-7-18(23)19-14-8-9-16-17(12-14)21-22-20-16;1-5-8-7(10-9-5)6-3-2-4-11-6;1-4-5-6(9-2-7-4)10-3-8-5/h4-6,8-9,11-12H,2-3,7,10H2,1H3,(H,19,23)(H,20,21,22);2-4H,1H3,(H,8,9,10);2-3H,1H3,(H,7,8,9,10). The van der Waals surface area contributed by atoms with E-state index in [-0.39, 0.29) is 5.91 Å². The van der Waals surface area contributed by atoms with Crippen molar-refractivity contribution in [1.29, 1.82) is 0 Å². The van der Waals surface area contributed by atoms with E-state index < -0.39 is 0 Å². The number of fused-ring (bicyclic) bond motifs is 2. The van der Waals surface area contributed by atoms with Crippen LogP contribution in [0.5, 0.6) is 5.75 Å². The number of ether oxygens (including phenoxy) is 1. The van der Waals surface area contributed by atoms with Gasteiger partial charge in [0.25, 0.3) is 0 Å². The minimum atomic E-state index is -0.00611. The summed E-state index contributed by atoms with van der Waals surface area (Å²) in [5.41, 5.74) is 6.01. The van der Waals surface area contributed by atoms with Gasteiger partial charge in [-0.15, -0.1) is 0 Å². The summed E-state index contributed by atoms with van der Waals surface area (Å²) in [7, 11) is 0. The first kappa shape index (κ1) is 30.5. The highest BCUT2D eigenvalue weighted by Gasteiger charge is 2.06. The van der Waals surface area contributed by atoms with Gasteiger partial charge in [-0.25, -0.2) is 19.9 Å². The van der Waals surface area contributed by atoms with Crippen LogP contribution < -0.4 is 10.1 Å². The second-order valence-corrected chi connectivity index (χ2v) is 9.98. The number of furan rings is 1. The van der Waals surface area contributed by atoms with Crippen LogP contribution in [0.25, 0.3) is 33.8 Å². The molecule has 14 heteroatoms. The van der Waals surface area contributed by atoms with E-state index in [4.69, 9.17) is 9.15 Å². The Morgan fingerprint density at radius 3 is 2.60 bits per heavy atom. The Morgan fingerprint density at radius 1 is 0.933 bits per heavy atom. The normalized spacial score (nSPS) is 10.6. The van der Waals surface area contributed by atoms with Gasteiger partial charge in [-0.2, -0.15) is 20.5 Å². The number of hydrogen-bond acceptors (Lipinski definition) is 10. The Morgan fingerprint density at radius 2 is 1.82 bits per heavy atom. The smallest absolute Gasteiger partial charge is 0.224 e. The van der Waals surface area contributed by atoms with Crippen molar-refractivity contribution in [2.45, 2.75) is 40.0 Å². The monoisotopic (exact) mass is 607 g/mol. The minimum Gasteiger partial charge on any atom is -0.494 e. The molecule has 5 heterocycles. The molecular formula is C31H33N11O3. The summed E-state index contributed by atoms with van der Waals surface area (Å²) in [6.45, 7) is 6.41. The molecule has 14 nitrogen and oxygen atoms in total. The number of amides is 1. The van der Waals surface area contributed by atoms with Gasteiger partial charge in [0.15, 0.2) is 11.4 Å². The number of benzene rings is 2. The van der Waals surface area contributed by atoms with Crippen LogP contribution in [0.1, 0.15) is 36.3 Å². The van der Waals surface area contributed by atoms with E-state index in [1.807, 2.05) is 63.2 Å². The van der Waals surface area contributed by atoms with Crippen LogP contribution in [0.3, 0.4) is 0 Å². The molecule has 0 unspecified atom stereocenters. The number of aromatic nitrogens is 10. The maximum atomic E-state index is 12.0. The molecule has 0 aliphatic carbocycles. The molecular weight excluding hydrogens is 574 g/mol. The molecule has 230 valence electrons. The SMILES string of the molecule is Cc1cccc(OCCCCC(=O)Nc2ccc3n[nH]nc3c2)c1.Cc1nc(-c2ccco2)n[nH]1.Cc1ncnc2nc[nH]c12. The number of rotatable bonds is 8. The predicted molar refractivity (Wildman–Crippen MR) is 168 cm³/mol. The number of aromatic amines is 3. The van der Waals surface area contributed by atoms with Crippen molar-refractivity contribution >= 4 is 33.8 Å². The molecule has 4 N–H and O–H groups in total. The number of H-pyrrole nitrogens is 3. The third-order valence-corrected chi connectivity index (χ3v) is 6.41. The molecule has 0 radical (unpaired) electrons. The number of carbonyl (C=O) groups excluding carboxylic acids is 1. The molecule has 0 spiro atoms. The number of nitrogens with one attached hydrogen (secondary N) is 4. The quantitative estimate of drug-likeness (QED) is 0.161. The summed E-state index contributed by atoms with van der Waals surface area (Å²) >= 11 is 0. The maximum Gasteiger partial charge on any atom is 0.224 e. The van der Waals surface area contributed by atoms with E-state index in [9.17, 15) is 4.79 Å². The predicted octanol–water partition coefficient (Wildman–Crippen LogP) is 5.49. The first-order chi connectivity index (χ1) is 21.9. The first-order valence-electron chi connectivity index (χ1n) is 14.3. The van der Waals surface area contributed by atoms with Crippen LogP contribution in [0.2, 0.25) is 0 Å². The lowest BCUT2D eigenvalue weighted by molar-refractivity contribution is -0.116. The fourth-order valence-electron chi connectivity index (χ4n) is 4.17. The highest BCUT2D eigenvalue weighted by molar-refractivity contribution is 5.92. The van der Waals surface area contributed by atoms with Gasteiger partial charge in [0, 0.05) is 12.1 Å². The molecule has 0 aliphatic rings. The third kappa shape index (κ3) is 8.79. The Bertz CT molecular complexity index is 1940. The lowest BCUT2D eigenvalue weighted by atomic mass is 10.2. The Hall–Kier alpha value is -5.92. The van der Waals surface area contributed by atoms with Crippen LogP contribution in [-0.2, 0) is 4.79 Å². The largest absolute Gasteiger partial charge is 0.494 e. The van der Waals surface area contributed by atoms with Crippen LogP contribution in [-0.4, -0.2) is 63.0 Å². The second kappa shape index (κ2) is 15.0. The van der Waals surface area contributed by atoms with E-state index in [0.29, 0.717) is 24.6 Å². The van der Waals surface area contributed by atoms with Crippen LogP contribution in [0, 0.1) is 20.8 Å². The van der Waals surface area contributed by atoms with Crippen molar-refractivity contribution in [3.8, 4) is 17.3 Å². The summed E-state index contributed by atoms with van der Waals surface area (Å²) in [6.07, 6.45) is 6.81. The number of hydrogen-bond donors (Lipinski definition) is 4. The summed E-state index contributed by atoms with van der Waals surface area (Å²) in [6, 6.07) is 17.0. The maximum absolute atomic E-state index is 12.0. The van der Waals surface area contributed by atoms with E-state index in [1.165, 1.54) is 11.9 Å². The number of aryl methyl sites for hydroxylation is 3. The summed E-state index contributed by atoms with van der Waals surface area (Å²) in [5.74, 6) is 2.95. The second-order valence-electron chi connectivity index (χ2n) is 9.98. The summed E-state index contributed by atoms with van der Waals surface area (Å²) in [4.78, 5) is 30.9. The minimum absolute atomic E-state index is 0.00611. The van der Waals surface area contributed by atoms with Crippen molar-refractivity contribution in [3.05, 3.63) is 90.6 Å². The van der Waals surface area contributed by atoms with E-state index in [2.05, 4.69) is 55.8 Å². The van der Waals surface area contributed by atoms with Crippen molar-refractivity contribution in [2.24, 2.45) is 0 Å². The fraction of sp³-hybridized carbons (Fsp3) is 0.226. The van der Waals surface area contributed by atoms with Gasteiger partial charge in [-0.1, -0.05) is 12.1 Å². The third-order valence-electron chi connectivity index (χ3n) is 6.41. The average Bonchev–Trinajstić information content (AvgIpc) is 3.86. The van der Waals surface area contributed by atoms with Crippen molar-refractivity contribution < 1.29 is 13.9 Å². The highest BCUT2D eigenvalue weighted by atomic mass is 16.5. The van der Waals surface area contributed by atoms with Crippen molar-refractivity contribution in [2.75, 3.05) is 11.9 Å². The van der Waals surface area contributed by atoms with E-state index in [1.54, 1.807) is 24.7 Å². The van der Waals surface area contributed by atoms with Crippen LogP contribution >= 0.6 is 0 Å². The number of imidazole rings is 1. The summed E-state index contributed by atoms with van der Waals surface area (Å²) < 4.78 is 10.8. The molecule has 0 fully saturated rings. The molecule has 7 aromatic rings. The van der Waals surface area contributed by atoms with Crippen LogP contribution in [0.15, 0.2) is 77.9 Å². The van der Waals surface area contributed by atoms with Gasteiger partial charge in [0.05, 0.1) is 24.9 Å². The lowest BCUT2D eigenvalue weighted by Crippen LogP contribution is -2.11. The van der Waals surface area contributed by atoms with Gasteiger partial charge >= 0.3 is 0 Å². The zero-order valence-corrected chi connectivity index (χ0v) is 25.1. The van der Waals surface area contributed by atoms with Crippen molar-refractivity contribution in [1.82, 2.24) is 50.5 Å². The number of unbranched alkanes of at least 4 members (excludes halogenated alkanes) is 1. The van der Waals surface area contributed by atoms with Crippen molar-refractivity contribution in [3.63, 3.8) is 0 Å². The number of carbonyl (C=O) groups is 1. The van der Waals surface area contributed by atoms with Gasteiger partial charge in [0.1, 0.15) is 34.5 Å². The van der Waals surface area contributed by atoms with Gasteiger partial charge in [0.2, 0.25) is 11.7 Å². The molecule has 2 aromatic carbocycles. The fourth-order valence-corrected chi connectivity index (χ4v) is 4.17. The lowest BCUT2D eigenvalue weighted by Gasteiger charge is -2.07. The Labute approximate surface area is 258 Å². The number of nitrogens with zero attached hydrogens (tertiary/aromatic N) is 7. The molecule has 0 atom stereocenters. The molecule has 7 rings (SSSR count). The van der Waals surface area contributed by atoms with Gasteiger partial charge < -0.3 is 19.5 Å². The molecule has 0 bridgehead atoms.